The molecule has 0 bridgehead atoms. The fourth-order valence-electron chi connectivity index (χ4n) is 8.23. The number of aromatic nitrogens is 2. The average Bonchev–Trinajstić information content (AvgIpc) is 3.61. The van der Waals surface area contributed by atoms with Gasteiger partial charge in [-0.2, -0.15) is 0 Å². The van der Waals surface area contributed by atoms with Gasteiger partial charge in [-0.15, -0.1) is 0 Å². The summed E-state index contributed by atoms with van der Waals surface area (Å²) in [6.07, 6.45) is 8.45. The molecule has 0 unspecified atom stereocenters. The minimum absolute atomic E-state index is 0.160. The lowest BCUT2D eigenvalue weighted by atomic mass is 9.93. The van der Waals surface area contributed by atoms with Crippen LogP contribution in [0.3, 0.4) is 0 Å². The number of carbonyl (C=O) groups excluding carboxylic acids is 4. The van der Waals surface area contributed by atoms with Crippen molar-refractivity contribution in [1.29, 1.82) is 0 Å². The summed E-state index contributed by atoms with van der Waals surface area (Å²) in [5, 5.41) is 8.87. The molecule has 4 aliphatic rings. The molecule has 268 valence electrons. The number of imide groups is 2. The maximum Gasteiger partial charge on any atom is 0.263 e. The van der Waals surface area contributed by atoms with Gasteiger partial charge < -0.3 is 10.6 Å². The van der Waals surface area contributed by atoms with Crippen LogP contribution in [0.4, 0.5) is 11.4 Å². The summed E-state index contributed by atoms with van der Waals surface area (Å²) in [7, 11) is 0. The second kappa shape index (κ2) is 13.9. The van der Waals surface area contributed by atoms with Crippen molar-refractivity contribution in [3.05, 3.63) is 142 Å². The predicted octanol–water partition coefficient (Wildman–Crippen LogP) is 7.56. The van der Waals surface area contributed by atoms with Crippen molar-refractivity contribution in [2.24, 2.45) is 0 Å². The molecule has 2 aliphatic heterocycles. The Balaban J connectivity index is 0.000000142. The largest absolute Gasteiger partial charge is 0.366 e. The summed E-state index contributed by atoms with van der Waals surface area (Å²) >= 11 is 0. The molecule has 0 atom stereocenters. The number of carbonyl (C=O) groups is 4. The van der Waals surface area contributed by atoms with E-state index in [-0.39, 0.29) is 37.0 Å². The third kappa shape index (κ3) is 5.74. The van der Waals surface area contributed by atoms with Crippen molar-refractivity contribution in [2.45, 2.75) is 51.4 Å². The molecule has 2 aliphatic carbocycles. The van der Waals surface area contributed by atoms with Gasteiger partial charge in [-0.3, -0.25) is 38.9 Å². The molecule has 4 amide bonds. The van der Waals surface area contributed by atoms with Crippen molar-refractivity contribution in [2.75, 3.05) is 24.0 Å². The van der Waals surface area contributed by atoms with Crippen LogP contribution in [0.15, 0.2) is 97.1 Å². The maximum atomic E-state index is 12.6. The summed E-state index contributed by atoms with van der Waals surface area (Å²) in [5.74, 6) is -0.962. The molecule has 54 heavy (non-hydrogen) atoms. The first-order valence-corrected chi connectivity index (χ1v) is 18.7. The Bertz CT molecular complexity index is 2280. The number of hydrogen-bond donors (Lipinski definition) is 2. The fraction of sp³-hybridized carbons (Fsp3) is 0.227. The zero-order chi connectivity index (χ0) is 36.8. The van der Waals surface area contributed by atoms with Gasteiger partial charge >= 0.3 is 0 Å². The Hall–Kier alpha value is -6.42. The first-order chi connectivity index (χ1) is 26.5. The van der Waals surface area contributed by atoms with Gasteiger partial charge in [0.2, 0.25) is 0 Å². The second-order valence-electron chi connectivity index (χ2n) is 14.1. The van der Waals surface area contributed by atoms with E-state index in [0.29, 0.717) is 22.3 Å². The number of amides is 4. The summed E-state index contributed by atoms with van der Waals surface area (Å²) in [6.45, 7) is 0.319. The zero-order valence-electron chi connectivity index (χ0n) is 29.7. The Morgan fingerprint density at radius 1 is 0.444 bits per heavy atom. The Morgan fingerprint density at radius 3 is 1.17 bits per heavy atom. The highest BCUT2D eigenvalue weighted by molar-refractivity contribution is 6.22. The molecule has 0 radical (unpaired) electrons. The number of rotatable bonds is 6. The molecule has 2 aromatic heterocycles. The summed E-state index contributed by atoms with van der Waals surface area (Å²) in [5.41, 5.74) is 10.5. The van der Waals surface area contributed by atoms with Crippen molar-refractivity contribution in [1.82, 2.24) is 19.8 Å². The molecular formula is C44H38N6O4. The molecule has 10 rings (SSSR count). The van der Waals surface area contributed by atoms with Crippen LogP contribution in [0.1, 0.15) is 89.6 Å². The highest BCUT2D eigenvalue weighted by Crippen LogP contribution is 2.35. The van der Waals surface area contributed by atoms with E-state index in [9.17, 15) is 19.2 Å². The number of pyridine rings is 2. The van der Waals surface area contributed by atoms with Crippen LogP contribution in [0.5, 0.6) is 0 Å². The average molecular weight is 715 g/mol. The van der Waals surface area contributed by atoms with Gasteiger partial charge in [0.1, 0.15) is 0 Å². The van der Waals surface area contributed by atoms with Crippen LogP contribution in [-0.2, 0) is 25.7 Å². The summed E-state index contributed by atoms with van der Waals surface area (Å²) in [4.78, 5) is 62.8. The first kappa shape index (κ1) is 33.4. The fourth-order valence-corrected chi connectivity index (χ4v) is 8.23. The van der Waals surface area contributed by atoms with Crippen LogP contribution in [0.25, 0.3) is 21.8 Å². The molecule has 0 saturated carbocycles. The third-order valence-electron chi connectivity index (χ3n) is 10.9. The first-order valence-electron chi connectivity index (χ1n) is 18.7. The van der Waals surface area contributed by atoms with Gasteiger partial charge in [-0.1, -0.05) is 60.7 Å². The Kier molecular flexibility index (Phi) is 8.57. The summed E-state index contributed by atoms with van der Waals surface area (Å²) in [6, 6.07) is 30.0. The van der Waals surface area contributed by atoms with Crippen LogP contribution < -0.4 is 10.6 Å². The Labute approximate surface area is 312 Å². The second-order valence-corrected chi connectivity index (χ2v) is 14.1. The normalized spacial score (nSPS) is 15.8. The molecule has 6 aromatic rings. The molecule has 10 nitrogen and oxygen atoms in total. The zero-order valence-corrected chi connectivity index (χ0v) is 29.7. The topological polar surface area (TPSA) is 125 Å². The van der Waals surface area contributed by atoms with Crippen LogP contribution in [0.2, 0.25) is 0 Å². The molecule has 4 heterocycles. The molecule has 0 saturated heterocycles. The number of benzene rings is 4. The lowest BCUT2D eigenvalue weighted by Crippen LogP contribution is -2.35. The van der Waals surface area contributed by atoms with E-state index in [1.54, 1.807) is 48.5 Å². The van der Waals surface area contributed by atoms with Crippen molar-refractivity contribution in [3.8, 4) is 0 Å². The van der Waals surface area contributed by atoms with E-state index in [1.165, 1.54) is 20.9 Å². The molecule has 2 N–H and O–H groups in total. The lowest BCUT2D eigenvalue weighted by molar-refractivity contribution is 0.0650. The van der Waals surface area contributed by atoms with Crippen LogP contribution >= 0.6 is 0 Å². The highest BCUT2D eigenvalue weighted by atomic mass is 16.2. The van der Waals surface area contributed by atoms with E-state index < -0.39 is 0 Å². The smallest absolute Gasteiger partial charge is 0.263 e. The van der Waals surface area contributed by atoms with Gasteiger partial charge in [0.15, 0.2) is 0 Å². The molecule has 0 fully saturated rings. The van der Waals surface area contributed by atoms with E-state index >= 15 is 0 Å². The van der Waals surface area contributed by atoms with Gasteiger partial charge in [-0.25, -0.2) is 0 Å². The monoisotopic (exact) mass is 714 g/mol. The minimum atomic E-state index is -0.240. The third-order valence-corrected chi connectivity index (χ3v) is 10.9. The minimum Gasteiger partial charge on any atom is -0.366 e. The van der Waals surface area contributed by atoms with E-state index in [1.807, 2.05) is 48.5 Å². The van der Waals surface area contributed by atoms with E-state index in [2.05, 4.69) is 10.6 Å². The number of nitrogens with zero attached hydrogens (tertiary/aromatic N) is 4. The van der Waals surface area contributed by atoms with Gasteiger partial charge in [0.25, 0.3) is 23.6 Å². The quantitative estimate of drug-likeness (QED) is 0.170. The lowest BCUT2D eigenvalue weighted by Gasteiger charge is -2.23. The molecule has 10 heteroatoms. The molecule has 0 spiro atoms. The Morgan fingerprint density at radius 2 is 0.778 bits per heavy atom. The predicted molar refractivity (Wildman–Crippen MR) is 208 cm³/mol. The van der Waals surface area contributed by atoms with Crippen LogP contribution in [-0.4, -0.2) is 56.7 Å². The summed E-state index contributed by atoms with van der Waals surface area (Å²) < 4.78 is 0. The van der Waals surface area contributed by atoms with Crippen molar-refractivity contribution in [3.63, 3.8) is 0 Å². The maximum absolute atomic E-state index is 12.6. The molecular weight excluding hydrogens is 677 g/mol. The number of anilines is 2. The standard InChI is InChI=1S/2C22H19N3O2/c2*26-21-14-7-1-2-8-15(14)22(27)25(21)13-23-20-16-9-3-5-11-18(16)24-19-12-6-4-10-17(19)20/h2*1-3,5,7-9,11H,4,6,10,12-13H2,(H,23,24). The van der Waals surface area contributed by atoms with E-state index in [0.717, 1.165) is 95.9 Å². The van der Waals surface area contributed by atoms with Crippen molar-refractivity contribution < 1.29 is 19.2 Å². The number of nitrogens with one attached hydrogen (secondary N) is 2. The van der Waals surface area contributed by atoms with E-state index in [4.69, 9.17) is 9.97 Å². The highest BCUT2D eigenvalue weighted by Gasteiger charge is 2.36. The number of aryl methyl sites for hydroxylation is 2. The van der Waals surface area contributed by atoms with Gasteiger partial charge in [0, 0.05) is 33.5 Å². The van der Waals surface area contributed by atoms with Gasteiger partial charge in [-0.05, 0) is 98.9 Å². The SMILES string of the molecule is O=C1c2ccccc2C(=O)N1CNc1c2c(nc3ccccc13)CCCC2.O=C1c2ccccc2C(=O)N1CNc1c2c(nc3ccccc13)CCCC2. The van der Waals surface area contributed by atoms with Crippen LogP contribution in [0, 0.1) is 0 Å². The van der Waals surface area contributed by atoms with Crippen molar-refractivity contribution >= 4 is 56.8 Å². The number of para-hydroxylation sites is 2. The number of fused-ring (bicyclic) bond motifs is 6. The number of hydrogen-bond acceptors (Lipinski definition) is 8. The van der Waals surface area contributed by atoms with Gasteiger partial charge in [0.05, 0.1) is 46.6 Å². The molecule has 4 aromatic carbocycles.